The lowest BCUT2D eigenvalue weighted by Crippen LogP contribution is -2.43. The van der Waals surface area contributed by atoms with Gasteiger partial charge in [0.2, 0.25) is 5.91 Å². The molecule has 1 N–H and O–H groups in total. The molecule has 0 aliphatic carbocycles. The number of benzene rings is 3. The van der Waals surface area contributed by atoms with E-state index in [1.807, 2.05) is 12.1 Å². The number of hydrogen-bond donors (Lipinski definition) is 1. The van der Waals surface area contributed by atoms with Crippen molar-refractivity contribution in [1.29, 1.82) is 0 Å². The highest BCUT2D eigenvalue weighted by Gasteiger charge is 2.16. The third-order valence-electron chi connectivity index (χ3n) is 5.18. The standard InChI is InChI=1S/C24H18Cl3N3O3/c25-17-8-5-15(6-9-17)13-29-21-4-2-1-3-19(21)23(32)30(24(29)33)14-22(31)28-12-16-7-10-18(26)11-20(16)27/h1-11H,12-14H2,(H,28,31). The smallest absolute Gasteiger partial charge is 0.332 e. The van der Waals surface area contributed by atoms with Crippen LogP contribution in [0.4, 0.5) is 0 Å². The molecular formula is C24H18Cl3N3O3. The first-order chi connectivity index (χ1) is 15.8. The summed E-state index contributed by atoms with van der Waals surface area (Å²) < 4.78 is 2.42. The van der Waals surface area contributed by atoms with Crippen LogP contribution in [0.1, 0.15) is 11.1 Å². The van der Waals surface area contributed by atoms with Crippen LogP contribution in [0.25, 0.3) is 10.9 Å². The van der Waals surface area contributed by atoms with E-state index in [0.29, 0.717) is 31.5 Å². The Bertz CT molecular complexity index is 1460. The second-order valence-electron chi connectivity index (χ2n) is 7.42. The number of aromatic nitrogens is 2. The molecule has 0 aliphatic heterocycles. The minimum absolute atomic E-state index is 0.135. The Morgan fingerprint density at radius 2 is 1.55 bits per heavy atom. The molecule has 3 aromatic carbocycles. The Morgan fingerprint density at radius 3 is 2.27 bits per heavy atom. The molecule has 0 atom stereocenters. The zero-order valence-electron chi connectivity index (χ0n) is 17.2. The highest BCUT2D eigenvalue weighted by molar-refractivity contribution is 6.35. The first-order valence-electron chi connectivity index (χ1n) is 10.0. The lowest BCUT2D eigenvalue weighted by molar-refractivity contribution is -0.121. The summed E-state index contributed by atoms with van der Waals surface area (Å²) in [6, 6.07) is 18.8. The van der Waals surface area contributed by atoms with E-state index >= 15 is 0 Å². The fraction of sp³-hybridized carbons (Fsp3) is 0.125. The lowest BCUT2D eigenvalue weighted by Gasteiger charge is -2.14. The van der Waals surface area contributed by atoms with Gasteiger partial charge in [-0.2, -0.15) is 0 Å². The van der Waals surface area contributed by atoms with E-state index in [9.17, 15) is 14.4 Å². The molecule has 0 aliphatic rings. The van der Waals surface area contributed by atoms with E-state index in [1.165, 1.54) is 4.57 Å². The van der Waals surface area contributed by atoms with Gasteiger partial charge in [-0.3, -0.25) is 18.7 Å². The number of nitrogens with zero attached hydrogens (tertiary/aromatic N) is 2. The second kappa shape index (κ2) is 9.83. The summed E-state index contributed by atoms with van der Waals surface area (Å²) in [7, 11) is 0. The van der Waals surface area contributed by atoms with Crippen molar-refractivity contribution in [3.05, 3.63) is 114 Å². The van der Waals surface area contributed by atoms with Crippen LogP contribution in [0.5, 0.6) is 0 Å². The van der Waals surface area contributed by atoms with Crippen molar-refractivity contribution in [1.82, 2.24) is 14.5 Å². The van der Waals surface area contributed by atoms with Crippen LogP contribution in [0, 0.1) is 0 Å². The van der Waals surface area contributed by atoms with Crippen molar-refractivity contribution < 1.29 is 4.79 Å². The SMILES string of the molecule is O=C(Cn1c(=O)c2ccccc2n(Cc2ccc(Cl)cc2)c1=O)NCc1ccc(Cl)cc1Cl. The van der Waals surface area contributed by atoms with Crippen molar-refractivity contribution in [2.75, 3.05) is 0 Å². The van der Waals surface area contributed by atoms with Crippen LogP contribution in [-0.2, 0) is 24.4 Å². The van der Waals surface area contributed by atoms with Crippen LogP contribution < -0.4 is 16.6 Å². The van der Waals surface area contributed by atoms with Crippen LogP contribution >= 0.6 is 34.8 Å². The first kappa shape index (κ1) is 23.1. The van der Waals surface area contributed by atoms with Gasteiger partial charge in [0.1, 0.15) is 6.54 Å². The molecule has 4 rings (SSSR count). The maximum Gasteiger partial charge on any atom is 0.332 e. The van der Waals surface area contributed by atoms with Crippen molar-refractivity contribution in [3.8, 4) is 0 Å². The highest BCUT2D eigenvalue weighted by Crippen LogP contribution is 2.20. The maximum absolute atomic E-state index is 13.3. The van der Waals surface area contributed by atoms with Crippen molar-refractivity contribution >= 4 is 51.6 Å². The molecule has 0 unspecified atom stereocenters. The van der Waals surface area contributed by atoms with Gasteiger partial charge in [0.05, 0.1) is 17.4 Å². The van der Waals surface area contributed by atoms with Crippen LogP contribution in [-0.4, -0.2) is 15.0 Å². The zero-order chi connectivity index (χ0) is 23.5. The number of halogens is 3. The number of nitrogens with one attached hydrogen (secondary N) is 1. The molecule has 0 spiro atoms. The highest BCUT2D eigenvalue weighted by atomic mass is 35.5. The van der Waals surface area contributed by atoms with Gasteiger partial charge in [-0.1, -0.05) is 65.1 Å². The third kappa shape index (κ3) is 5.14. The molecule has 168 valence electrons. The predicted octanol–water partition coefficient (Wildman–Crippen LogP) is 4.49. The minimum atomic E-state index is -0.576. The molecule has 0 bridgehead atoms. The van der Waals surface area contributed by atoms with Gasteiger partial charge >= 0.3 is 5.69 Å². The first-order valence-corrected chi connectivity index (χ1v) is 11.1. The van der Waals surface area contributed by atoms with Crippen LogP contribution in [0.3, 0.4) is 0 Å². The minimum Gasteiger partial charge on any atom is -0.350 e. The Morgan fingerprint density at radius 1 is 0.848 bits per heavy atom. The second-order valence-corrected chi connectivity index (χ2v) is 8.70. The fourth-order valence-electron chi connectivity index (χ4n) is 3.49. The predicted molar refractivity (Wildman–Crippen MR) is 131 cm³/mol. The summed E-state index contributed by atoms with van der Waals surface area (Å²) in [6.07, 6.45) is 0. The molecule has 6 nitrogen and oxygen atoms in total. The van der Waals surface area contributed by atoms with Crippen molar-refractivity contribution in [2.24, 2.45) is 0 Å². The average molecular weight is 503 g/mol. The van der Waals surface area contributed by atoms with Crippen molar-refractivity contribution in [2.45, 2.75) is 19.6 Å². The fourth-order valence-corrected chi connectivity index (χ4v) is 4.10. The summed E-state index contributed by atoms with van der Waals surface area (Å²) in [5.41, 5.74) is 0.891. The largest absolute Gasteiger partial charge is 0.350 e. The van der Waals surface area contributed by atoms with Crippen LogP contribution in [0.2, 0.25) is 15.1 Å². The van der Waals surface area contributed by atoms with E-state index in [-0.39, 0.29) is 13.1 Å². The zero-order valence-corrected chi connectivity index (χ0v) is 19.5. The molecule has 1 aromatic heterocycles. The third-order valence-corrected chi connectivity index (χ3v) is 6.02. The van der Waals surface area contributed by atoms with Gasteiger partial charge in [-0.05, 0) is 47.5 Å². The molecule has 4 aromatic rings. The number of fused-ring (bicyclic) bond motifs is 1. The number of hydrogen-bond acceptors (Lipinski definition) is 3. The normalized spacial score (nSPS) is 11.0. The molecule has 0 saturated heterocycles. The number of rotatable bonds is 6. The summed E-state index contributed by atoms with van der Waals surface area (Å²) in [4.78, 5) is 38.9. The van der Waals surface area contributed by atoms with Gasteiger partial charge in [0.15, 0.2) is 0 Å². The van der Waals surface area contributed by atoms with Crippen molar-refractivity contribution in [3.63, 3.8) is 0 Å². The Hall–Kier alpha value is -3.06. The molecule has 1 heterocycles. The summed E-state index contributed by atoms with van der Waals surface area (Å²) in [5, 5.41) is 4.52. The molecule has 1 amide bonds. The summed E-state index contributed by atoms with van der Waals surface area (Å²) in [6.45, 7) is -0.0662. The van der Waals surface area contributed by atoms with Gasteiger partial charge in [0.25, 0.3) is 5.56 Å². The van der Waals surface area contributed by atoms with Gasteiger partial charge in [-0.15, -0.1) is 0 Å². The van der Waals surface area contributed by atoms with Gasteiger partial charge in [-0.25, -0.2) is 4.79 Å². The van der Waals surface area contributed by atoms with Gasteiger partial charge < -0.3 is 5.32 Å². The number of carbonyl (C=O) groups is 1. The molecule has 9 heteroatoms. The van der Waals surface area contributed by atoms with E-state index in [1.54, 1.807) is 54.6 Å². The Balaban J connectivity index is 1.65. The molecule has 0 radical (unpaired) electrons. The Labute approximate surface area is 203 Å². The summed E-state index contributed by atoms with van der Waals surface area (Å²) >= 11 is 18.0. The average Bonchev–Trinajstić information content (AvgIpc) is 2.80. The Kier molecular flexibility index (Phi) is 6.88. The van der Waals surface area contributed by atoms with E-state index < -0.39 is 23.7 Å². The van der Waals surface area contributed by atoms with E-state index in [0.717, 1.165) is 10.1 Å². The lowest BCUT2D eigenvalue weighted by atomic mass is 10.2. The van der Waals surface area contributed by atoms with E-state index in [4.69, 9.17) is 34.8 Å². The number of carbonyl (C=O) groups excluding carboxylic acids is 1. The molecule has 33 heavy (non-hydrogen) atoms. The van der Waals surface area contributed by atoms with E-state index in [2.05, 4.69) is 5.32 Å². The summed E-state index contributed by atoms with van der Waals surface area (Å²) in [5.74, 6) is -0.492. The monoisotopic (exact) mass is 501 g/mol. The van der Waals surface area contributed by atoms with Crippen LogP contribution in [0.15, 0.2) is 76.3 Å². The maximum atomic E-state index is 13.3. The van der Waals surface area contributed by atoms with Gasteiger partial charge in [0, 0.05) is 21.6 Å². The molecule has 0 saturated carbocycles. The quantitative estimate of drug-likeness (QED) is 0.422. The molecular weight excluding hydrogens is 485 g/mol. The number of para-hydroxylation sites is 1. The topological polar surface area (TPSA) is 73.1 Å². The number of amides is 1. The molecule has 0 fully saturated rings.